The SMILES string of the molecule is CC(C)c1ccc(C(O)CN(C)C(C)C)cc1. The van der Waals surface area contributed by atoms with E-state index >= 15 is 0 Å². The normalized spacial score (nSPS) is 13.7. The summed E-state index contributed by atoms with van der Waals surface area (Å²) >= 11 is 0. The fourth-order valence-electron chi connectivity index (χ4n) is 1.69. The van der Waals surface area contributed by atoms with E-state index in [9.17, 15) is 5.11 Å². The summed E-state index contributed by atoms with van der Waals surface area (Å²) in [5.74, 6) is 0.541. The van der Waals surface area contributed by atoms with Crippen LogP contribution in [-0.4, -0.2) is 29.6 Å². The number of benzene rings is 1. The van der Waals surface area contributed by atoms with Gasteiger partial charge in [-0.1, -0.05) is 38.1 Å². The summed E-state index contributed by atoms with van der Waals surface area (Å²) in [5.41, 5.74) is 2.32. The van der Waals surface area contributed by atoms with Crippen molar-refractivity contribution in [3.8, 4) is 0 Å². The van der Waals surface area contributed by atoms with E-state index in [4.69, 9.17) is 0 Å². The van der Waals surface area contributed by atoms with E-state index in [-0.39, 0.29) is 0 Å². The van der Waals surface area contributed by atoms with Gasteiger partial charge in [-0.15, -0.1) is 0 Å². The Bertz CT molecular complexity index is 329. The monoisotopic (exact) mass is 235 g/mol. The Morgan fingerprint density at radius 3 is 1.88 bits per heavy atom. The van der Waals surface area contributed by atoms with Crippen LogP contribution in [0.4, 0.5) is 0 Å². The summed E-state index contributed by atoms with van der Waals surface area (Å²) in [6, 6.07) is 8.75. The highest BCUT2D eigenvalue weighted by Crippen LogP contribution is 2.19. The van der Waals surface area contributed by atoms with Gasteiger partial charge in [0.25, 0.3) is 0 Å². The molecule has 2 heteroatoms. The fourth-order valence-corrected chi connectivity index (χ4v) is 1.69. The maximum absolute atomic E-state index is 10.1. The average molecular weight is 235 g/mol. The number of nitrogens with zero attached hydrogens (tertiary/aromatic N) is 1. The zero-order valence-corrected chi connectivity index (χ0v) is 11.6. The molecule has 0 spiro atoms. The third-order valence-electron chi connectivity index (χ3n) is 3.33. The standard InChI is InChI=1S/C15H25NO/c1-11(2)13-6-8-14(9-7-13)15(17)10-16(5)12(3)4/h6-9,11-12,15,17H,10H2,1-5H3. The average Bonchev–Trinajstić information content (AvgIpc) is 2.28. The minimum Gasteiger partial charge on any atom is -0.387 e. The van der Waals surface area contributed by atoms with Gasteiger partial charge in [0, 0.05) is 12.6 Å². The van der Waals surface area contributed by atoms with Crippen molar-refractivity contribution >= 4 is 0 Å². The Labute approximate surface area is 105 Å². The predicted octanol–water partition coefficient (Wildman–Crippen LogP) is 3.18. The van der Waals surface area contributed by atoms with Crippen LogP contribution in [0, 0.1) is 0 Å². The summed E-state index contributed by atoms with van der Waals surface area (Å²) in [6.07, 6.45) is -0.399. The molecule has 0 aliphatic rings. The second-order valence-corrected chi connectivity index (χ2v) is 5.37. The van der Waals surface area contributed by atoms with E-state index in [1.54, 1.807) is 0 Å². The van der Waals surface area contributed by atoms with Gasteiger partial charge in [0.1, 0.15) is 0 Å². The van der Waals surface area contributed by atoms with Crippen molar-refractivity contribution in [2.24, 2.45) is 0 Å². The smallest absolute Gasteiger partial charge is 0.0916 e. The summed E-state index contributed by atoms with van der Waals surface area (Å²) in [4.78, 5) is 2.15. The molecule has 0 heterocycles. The number of hydrogen-bond donors (Lipinski definition) is 1. The summed E-state index contributed by atoms with van der Waals surface area (Å²) < 4.78 is 0. The lowest BCUT2D eigenvalue weighted by Crippen LogP contribution is -2.30. The van der Waals surface area contributed by atoms with Crippen LogP contribution in [0.25, 0.3) is 0 Å². The van der Waals surface area contributed by atoms with Crippen molar-refractivity contribution < 1.29 is 5.11 Å². The van der Waals surface area contributed by atoms with Crippen molar-refractivity contribution in [1.29, 1.82) is 0 Å². The molecule has 2 nitrogen and oxygen atoms in total. The molecule has 96 valence electrons. The third-order valence-corrected chi connectivity index (χ3v) is 3.33. The summed E-state index contributed by atoms with van der Waals surface area (Å²) in [6.45, 7) is 9.30. The number of aliphatic hydroxyl groups is 1. The lowest BCUT2D eigenvalue weighted by molar-refractivity contribution is 0.112. The van der Waals surface area contributed by atoms with Gasteiger partial charge in [0.2, 0.25) is 0 Å². The number of hydrogen-bond acceptors (Lipinski definition) is 2. The molecule has 1 aromatic carbocycles. The van der Waals surface area contributed by atoms with Gasteiger partial charge < -0.3 is 10.0 Å². The van der Waals surface area contributed by atoms with Crippen molar-refractivity contribution in [3.63, 3.8) is 0 Å². The van der Waals surface area contributed by atoms with E-state index in [1.807, 2.05) is 19.2 Å². The first kappa shape index (κ1) is 14.2. The first-order chi connectivity index (χ1) is 7.91. The molecule has 1 unspecified atom stereocenters. The molecular formula is C15H25NO. The molecule has 1 rings (SSSR count). The molecule has 0 saturated heterocycles. The molecule has 0 fully saturated rings. The second-order valence-electron chi connectivity index (χ2n) is 5.37. The molecule has 17 heavy (non-hydrogen) atoms. The minimum absolute atomic E-state index is 0.399. The molecule has 0 aliphatic carbocycles. The first-order valence-corrected chi connectivity index (χ1v) is 6.40. The Balaban J connectivity index is 2.66. The maximum atomic E-state index is 10.1. The predicted molar refractivity (Wildman–Crippen MR) is 73.3 cm³/mol. The van der Waals surface area contributed by atoms with Gasteiger partial charge in [-0.05, 0) is 37.9 Å². The Morgan fingerprint density at radius 2 is 1.47 bits per heavy atom. The molecule has 0 aliphatic heterocycles. The van der Waals surface area contributed by atoms with Gasteiger partial charge in [0.15, 0.2) is 0 Å². The quantitative estimate of drug-likeness (QED) is 0.847. The van der Waals surface area contributed by atoms with Crippen molar-refractivity contribution in [2.45, 2.75) is 45.8 Å². The van der Waals surface area contributed by atoms with E-state index in [2.05, 4.69) is 44.7 Å². The van der Waals surface area contributed by atoms with Crippen LogP contribution in [0.5, 0.6) is 0 Å². The fraction of sp³-hybridized carbons (Fsp3) is 0.600. The molecule has 0 saturated carbocycles. The Morgan fingerprint density at radius 1 is 1.00 bits per heavy atom. The second kappa shape index (κ2) is 6.18. The van der Waals surface area contributed by atoms with Crippen LogP contribution in [0.1, 0.15) is 50.8 Å². The molecule has 1 N–H and O–H groups in total. The van der Waals surface area contributed by atoms with Crippen LogP contribution in [-0.2, 0) is 0 Å². The largest absolute Gasteiger partial charge is 0.387 e. The highest BCUT2D eigenvalue weighted by atomic mass is 16.3. The maximum Gasteiger partial charge on any atom is 0.0916 e. The van der Waals surface area contributed by atoms with Gasteiger partial charge in [-0.3, -0.25) is 0 Å². The molecule has 0 bridgehead atoms. The van der Waals surface area contributed by atoms with Gasteiger partial charge in [-0.25, -0.2) is 0 Å². The number of likely N-dealkylation sites (N-methyl/N-ethyl adjacent to an activating group) is 1. The van der Waals surface area contributed by atoms with Gasteiger partial charge >= 0.3 is 0 Å². The highest BCUT2D eigenvalue weighted by molar-refractivity contribution is 5.26. The minimum atomic E-state index is -0.399. The van der Waals surface area contributed by atoms with Gasteiger partial charge in [-0.2, -0.15) is 0 Å². The Hall–Kier alpha value is -0.860. The highest BCUT2D eigenvalue weighted by Gasteiger charge is 2.12. The third kappa shape index (κ3) is 4.14. The summed E-state index contributed by atoms with van der Waals surface area (Å²) in [5, 5.41) is 10.1. The van der Waals surface area contributed by atoms with Crippen LogP contribution < -0.4 is 0 Å². The topological polar surface area (TPSA) is 23.5 Å². The van der Waals surface area contributed by atoms with E-state index in [1.165, 1.54) is 5.56 Å². The molecule has 0 aromatic heterocycles. The first-order valence-electron chi connectivity index (χ1n) is 6.40. The van der Waals surface area contributed by atoms with Crippen molar-refractivity contribution in [2.75, 3.05) is 13.6 Å². The van der Waals surface area contributed by atoms with E-state index in [0.717, 1.165) is 5.56 Å². The molecule has 1 aromatic rings. The molecule has 0 radical (unpaired) electrons. The van der Waals surface area contributed by atoms with Crippen LogP contribution >= 0.6 is 0 Å². The summed E-state index contributed by atoms with van der Waals surface area (Å²) in [7, 11) is 2.04. The zero-order valence-electron chi connectivity index (χ0n) is 11.6. The van der Waals surface area contributed by atoms with Crippen LogP contribution in [0.3, 0.4) is 0 Å². The van der Waals surface area contributed by atoms with Crippen LogP contribution in [0.15, 0.2) is 24.3 Å². The molecule has 0 amide bonds. The molecular weight excluding hydrogens is 210 g/mol. The van der Waals surface area contributed by atoms with E-state index < -0.39 is 6.10 Å². The zero-order chi connectivity index (χ0) is 13.0. The van der Waals surface area contributed by atoms with Crippen LogP contribution in [0.2, 0.25) is 0 Å². The number of rotatable bonds is 5. The number of aliphatic hydroxyl groups excluding tert-OH is 1. The lowest BCUT2D eigenvalue weighted by Gasteiger charge is -2.24. The van der Waals surface area contributed by atoms with Gasteiger partial charge in [0.05, 0.1) is 6.10 Å². The van der Waals surface area contributed by atoms with E-state index in [0.29, 0.717) is 18.5 Å². The van der Waals surface area contributed by atoms with Crippen molar-refractivity contribution in [3.05, 3.63) is 35.4 Å². The molecule has 1 atom stereocenters. The lowest BCUT2D eigenvalue weighted by atomic mass is 10.00. The Kier molecular flexibility index (Phi) is 5.16. The van der Waals surface area contributed by atoms with Crippen molar-refractivity contribution in [1.82, 2.24) is 4.90 Å².